The van der Waals surface area contributed by atoms with E-state index in [1.165, 1.54) is 12.1 Å². The van der Waals surface area contributed by atoms with Gasteiger partial charge in [0.15, 0.2) is 0 Å². The molecule has 2 atom stereocenters. The standard InChI is InChI=1S/C12H13BrN2O3/c1-7-5-8(7)6-14-12(16)9-3-2-4-10(11(9)13)15(17)18/h2-4,7-8H,5-6H2,1H3,(H,14,16). The molecule has 0 heterocycles. The number of benzene rings is 1. The van der Waals surface area contributed by atoms with Crippen molar-refractivity contribution >= 4 is 27.5 Å². The Hall–Kier alpha value is -1.43. The van der Waals surface area contributed by atoms with Crippen LogP contribution >= 0.6 is 15.9 Å². The summed E-state index contributed by atoms with van der Waals surface area (Å²) in [5, 5.41) is 13.6. The fourth-order valence-corrected chi connectivity index (χ4v) is 2.43. The topological polar surface area (TPSA) is 72.2 Å². The highest BCUT2D eigenvalue weighted by molar-refractivity contribution is 9.10. The summed E-state index contributed by atoms with van der Waals surface area (Å²) < 4.78 is 0.233. The number of halogens is 1. The lowest BCUT2D eigenvalue weighted by Crippen LogP contribution is -2.26. The third-order valence-electron chi connectivity index (χ3n) is 3.22. The predicted molar refractivity (Wildman–Crippen MR) is 70.4 cm³/mol. The van der Waals surface area contributed by atoms with Gasteiger partial charge < -0.3 is 5.32 Å². The van der Waals surface area contributed by atoms with E-state index >= 15 is 0 Å². The zero-order chi connectivity index (χ0) is 13.3. The first kappa shape index (κ1) is 13.0. The lowest BCUT2D eigenvalue weighted by Gasteiger charge is -2.06. The van der Waals surface area contributed by atoms with Crippen molar-refractivity contribution in [3.05, 3.63) is 38.3 Å². The summed E-state index contributed by atoms with van der Waals surface area (Å²) in [4.78, 5) is 22.2. The lowest BCUT2D eigenvalue weighted by atomic mass is 10.2. The number of hydrogen-bond donors (Lipinski definition) is 1. The van der Waals surface area contributed by atoms with Gasteiger partial charge in [0.1, 0.15) is 4.47 Å². The molecule has 1 aromatic rings. The van der Waals surface area contributed by atoms with E-state index in [1.807, 2.05) is 0 Å². The van der Waals surface area contributed by atoms with Crippen LogP contribution in [0.5, 0.6) is 0 Å². The highest BCUT2D eigenvalue weighted by Crippen LogP contribution is 2.37. The molecule has 18 heavy (non-hydrogen) atoms. The van der Waals surface area contributed by atoms with Gasteiger partial charge >= 0.3 is 0 Å². The number of nitro groups is 1. The van der Waals surface area contributed by atoms with Crippen LogP contribution < -0.4 is 5.32 Å². The average molecular weight is 313 g/mol. The Labute approximate surface area is 113 Å². The third-order valence-corrected chi connectivity index (χ3v) is 4.05. The molecule has 0 bridgehead atoms. The Morgan fingerprint density at radius 3 is 2.83 bits per heavy atom. The first-order valence-corrected chi connectivity index (χ1v) is 6.51. The molecule has 1 amide bonds. The van der Waals surface area contributed by atoms with Crippen molar-refractivity contribution in [1.29, 1.82) is 0 Å². The van der Waals surface area contributed by atoms with Gasteiger partial charge in [-0.05, 0) is 40.3 Å². The van der Waals surface area contributed by atoms with Crippen LogP contribution in [0.25, 0.3) is 0 Å². The molecule has 1 fully saturated rings. The van der Waals surface area contributed by atoms with Gasteiger partial charge in [-0.15, -0.1) is 0 Å². The molecule has 1 aliphatic carbocycles. The summed E-state index contributed by atoms with van der Waals surface area (Å²) in [6.45, 7) is 2.77. The van der Waals surface area contributed by atoms with Crippen LogP contribution in [0, 0.1) is 22.0 Å². The highest BCUT2D eigenvalue weighted by Gasteiger charge is 2.32. The molecule has 1 saturated carbocycles. The zero-order valence-corrected chi connectivity index (χ0v) is 11.4. The molecule has 0 radical (unpaired) electrons. The molecule has 0 aliphatic heterocycles. The van der Waals surface area contributed by atoms with Gasteiger partial charge in [0, 0.05) is 12.6 Å². The smallest absolute Gasteiger partial charge is 0.284 e. The maximum Gasteiger partial charge on any atom is 0.284 e. The fraction of sp³-hybridized carbons (Fsp3) is 0.417. The molecule has 96 valence electrons. The van der Waals surface area contributed by atoms with Gasteiger partial charge in [-0.2, -0.15) is 0 Å². The van der Waals surface area contributed by atoms with Crippen molar-refractivity contribution in [2.75, 3.05) is 6.54 Å². The third kappa shape index (κ3) is 2.69. The molecule has 0 saturated heterocycles. The van der Waals surface area contributed by atoms with Gasteiger partial charge in [-0.25, -0.2) is 0 Å². The molecule has 6 heteroatoms. The summed E-state index contributed by atoms with van der Waals surface area (Å²) in [5.74, 6) is 0.940. The number of carbonyl (C=O) groups excluding carboxylic acids is 1. The minimum absolute atomic E-state index is 0.0950. The molecular weight excluding hydrogens is 300 g/mol. The van der Waals surface area contributed by atoms with Gasteiger partial charge in [-0.1, -0.05) is 13.0 Å². The molecule has 0 spiro atoms. The molecule has 2 unspecified atom stereocenters. The zero-order valence-electron chi connectivity index (χ0n) is 9.85. The minimum Gasteiger partial charge on any atom is -0.352 e. The number of nitrogens with zero attached hydrogens (tertiary/aromatic N) is 1. The van der Waals surface area contributed by atoms with Crippen molar-refractivity contribution in [3.8, 4) is 0 Å². The van der Waals surface area contributed by atoms with E-state index in [9.17, 15) is 14.9 Å². The van der Waals surface area contributed by atoms with Crippen LogP contribution in [-0.4, -0.2) is 17.4 Å². The molecular formula is C12H13BrN2O3. The summed E-state index contributed by atoms with van der Waals surface area (Å²) >= 11 is 3.11. The number of hydrogen-bond acceptors (Lipinski definition) is 3. The van der Waals surface area contributed by atoms with E-state index in [0.717, 1.165) is 6.42 Å². The molecule has 1 N–H and O–H groups in total. The van der Waals surface area contributed by atoms with Crippen LogP contribution in [0.3, 0.4) is 0 Å². The molecule has 2 rings (SSSR count). The largest absolute Gasteiger partial charge is 0.352 e. The quantitative estimate of drug-likeness (QED) is 0.686. The van der Waals surface area contributed by atoms with Gasteiger partial charge in [0.2, 0.25) is 0 Å². The normalized spacial score (nSPS) is 21.4. The van der Waals surface area contributed by atoms with Gasteiger partial charge in [-0.3, -0.25) is 14.9 Å². The number of amides is 1. The Bertz CT molecular complexity index is 504. The Morgan fingerprint density at radius 1 is 1.61 bits per heavy atom. The predicted octanol–water partition coefficient (Wildman–Crippen LogP) is 2.74. The molecule has 1 aliphatic rings. The summed E-state index contributed by atoms with van der Waals surface area (Å²) in [6, 6.07) is 4.45. The van der Waals surface area contributed by atoms with E-state index in [0.29, 0.717) is 23.9 Å². The van der Waals surface area contributed by atoms with Crippen molar-refractivity contribution < 1.29 is 9.72 Å². The van der Waals surface area contributed by atoms with Crippen LogP contribution in [0.1, 0.15) is 23.7 Å². The Kier molecular flexibility index (Phi) is 3.65. The maximum atomic E-state index is 11.9. The Morgan fingerprint density at radius 2 is 2.28 bits per heavy atom. The van der Waals surface area contributed by atoms with E-state index in [2.05, 4.69) is 28.2 Å². The number of rotatable bonds is 4. The molecule has 0 aromatic heterocycles. The van der Waals surface area contributed by atoms with Gasteiger partial charge in [0.25, 0.3) is 11.6 Å². The second kappa shape index (κ2) is 5.06. The van der Waals surface area contributed by atoms with E-state index in [4.69, 9.17) is 0 Å². The van der Waals surface area contributed by atoms with Crippen molar-refractivity contribution in [3.63, 3.8) is 0 Å². The number of nitro benzene ring substituents is 1. The SMILES string of the molecule is CC1CC1CNC(=O)c1cccc([N+](=O)[O-])c1Br. The molecule has 5 nitrogen and oxygen atoms in total. The number of carbonyl (C=O) groups is 1. The fourth-order valence-electron chi connectivity index (χ4n) is 1.84. The maximum absolute atomic E-state index is 11.9. The first-order valence-electron chi connectivity index (χ1n) is 5.71. The second-order valence-electron chi connectivity index (χ2n) is 4.58. The van der Waals surface area contributed by atoms with Crippen molar-refractivity contribution in [2.24, 2.45) is 11.8 Å². The highest BCUT2D eigenvalue weighted by atomic mass is 79.9. The lowest BCUT2D eigenvalue weighted by molar-refractivity contribution is -0.385. The second-order valence-corrected chi connectivity index (χ2v) is 5.37. The van der Waals surface area contributed by atoms with Gasteiger partial charge in [0.05, 0.1) is 10.5 Å². The summed E-state index contributed by atoms with van der Waals surface area (Å²) in [6.07, 6.45) is 1.14. The minimum atomic E-state index is -0.510. The van der Waals surface area contributed by atoms with Crippen molar-refractivity contribution in [1.82, 2.24) is 5.32 Å². The van der Waals surface area contributed by atoms with Crippen LogP contribution in [-0.2, 0) is 0 Å². The van der Waals surface area contributed by atoms with E-state index < -0.39 is 4.92 Å². The first-order chi connectivity index (χ1) is 8.50. The van der Waals surface area contributed by atoms with Crippen LogP contribution in [0.15, 0.2) is 22.7 Å². The monoisotopic (exact) mass is 312 g/mol. The van der Waals surface area contributed by atoms with Crippen LogP contribution in [0.2, 0.25) is 0 Å². The van der Waals surface area contributed by atoms with E-state index in [1.54, 1.807) is 6.07 Å². The molecule has 1 aromatic carbocycles. The average Bonchev–Trinajstić information content (AvgIpc) is 3.02. The Balaban J connectivity index is 2.09. The summed E-state index contributed by atoms with van der Waals surface area (Å²) in [5.41, 5.74) is 0.208. The van der Waals surface area contributed by atoms with Crippen LogP contribution in [0.4, 0.5) is 5.69 Å². The van der Waals surface area contributed by atoms with Crippen molar-refractivity contribution in [2.45, 2.75) is 13.3 Å². The summed E-state index contributed by atoms with van der Waals surface area (Å²) in [7, 11) is 0. The van der Waals surface area contributed by atoms with E-state index in [-0.39, 0.29) is 16.1 Å². The number of nitrogens with one attached hydrogen (secondary N) is 1.